The van der Waals surface area contributed by atoms with E-state index in [1.165, 1.54) is 0 Å². The number of aromatic nitrogens is 1. The van der Waals surface area contributed by atoms with Crippen LogP contribution < -0.4 is 5.32 Å². The number of amides is 1. The van der Waals surface area contributed by atoms with Gasteiger partial charge in [-0.3, -0.25) is 9.69 Å². The van der Waals surface area contributed by atoms with Crippen molar-refractivity contribution in [1.82, 2.24) is 9.88 Å². The van der Waals surface area contributed by atoms with Gasteiger partial charge in [-0.1, -0.05) is 11.6 Å². The highest BCUT2D eigenvalue weighted by molar-refractivity contribution is 6.32. The summed E-state index contributed by atoms with van der Waals surface area (Å²) < 4.78 is 25.6. The highest BCUT2D eigenvalue weighted by atomic mass is 35.5. The van der Waals surface area contributed by atoms with E-state index in [9.17, 15) is 9.18 Å². The Morgan fingerprint density at radius 3 is 2.63 bits per heavy atom. The van der Waals surface area contributed by atoms with Gasteiger partial charge in [0.1, 0.15) is 12.0 Å². The molecule has 6 nitrogen and oxygen atoms in total. The molecule has 2 aromatic rings. The molecule has 4 heterocycles. The molecule has 0 radical (unpaired) electrons. The van der Waals surface area contributed by atoms with Gasteiger partial charge in [0.25, 0.3) is 0 Å². The van der Waals surface area contributed by atoms with Crippen molar-refractivity contribution in [2.45, 2.75) is 69.7 Å². The molecule has 3 saturated heterocycles. The van der Waals surface area contributed by atoms with Crippen molar-refractivity contribution < 1.29 is 18.7 Å². The van der Waals surface area contributed by atoms with Crippen LogP contribution in [0, 0.1) is 5.92 Å². The van der Waals surface area contributed by atoms with Crippen LogP contribution in [0.3, 0.4) is 0 Å². The predicted octanol–water partition coefficient (Wildman–Crippen LogP) is 5.34. The zero-order valence-electron chi connectivity index (χ0n) is 20.8. The fraction of sp³-hybridized carbons (Fsp3) is 0.630. The number of carbonyl (C=O) groups excluding carboxylic acids is 1. The van der Waals surface area contributed by atoms with Crippen molar-refractivity contribution in [3.63, 3.8) is 0 Å². The Morgan fingerprint density at radius 2 is 1.94 bits per heavy atom. The van der Waals surface area contributed by atoms with Crippen LogP contribution in [0.1, 0.15) is 57.9 Å². The van der Waals surface area contributed by atoms with Crippen molar-refractivity contribution in [1.29, 1.82) is 0 Å². The summed E-state index contributed by atoms with van der Waals surface area (Å²) in [5.74, 6) is 0.768. The number of anilines is 1. The summed E-state index contributed by atoms with van der Waals surface area (Å²) in [6, 6.07) is 6.02. The Labute approximate surface area is 211 Å². The molecule has 1 aromatic heterocycles. The van der Waals surface area contributed by atoms with Crippen molar-refractivity contribution in [2.24, 2.45) is 5.92 Å². The molecular formula is C27H35ClFN3O3. The number of nitrogens with zero attached hydrogens (tertiary/aromatic N) is 2. The number of pyridine rings is 1. The summed E-state index contributed by atoms with van der Waals surface area (Å²) in [6.07, 6.45) is 4.06. The van der Waals surface area contributed by atoms with Crippen LogP contribution in [-0.2, 0) is 14.3 Å². The lowest BCUT2D eigenvalue weighted by atomic mass is 9.85. The highest BCUT2D eigenvalue weighted by Crippen LogP contribution is 2.39. The first-order valence-corrected chi connectivity index (χ1v) is 13.0. The molecule has 1 amide bonds. The normalized spacial score (nSPS) is 30.0. The van der Waals surface area contributed by atoms with Crippen LogP contribution in [0.15, 0.2) is 24.4 Å². The van der Waals surface area contributed by atoms with Crippen molar-refractivity contribution >= 4 is 34.1 Å². The van der Waals surface area contributed by atoms with Crippen LogP contribution in [0.4, 0.5) is 10.2 Å². The van der Waals surface area contributed by atoms with E-state index in [0.717, 1.165) is 53.7 Å². The monoisotopic (exact) mass is 503 g/mol. The van der Waals surface area contributed by atoms with E-state index in [4.69, 9.17) is 21.1 Å². The van der Waals surface area contributed by atoms with E-state index in [0.29, 0.717) is 31.4 Å². The summed E-state index contributed by atoms with van der Waals surface area (Å²) in [5.41, 5.74) is 0.292. The number of carbonyl (C=O) groups is 1. The molecule has 1 N–H and O–H groups in total. The summed E-state index contributed by atoms with van der Waals surface area (Å²) in [7, 11) is 0. The molecule has 3 fully saturated rings. The Morgan fingerprint density at radius 1 is 1.17 bits per heavy atom. The lowest BCUT2D eigenvalue weighted by molar-refractivity contribution is -0.130. The van der Waals surface area contributed by atoms with Gasteiger partial charge in [-0.05, 0) is 94.6 Å². The minimum atomic E-state index is -0.948. The number of nitrogens with one attached hydrogen (secondary N) is 1. The second kappa shape index (κ2) is 9.58. The van der Waals surface area contributed by atoms with Gasteiger partial charge in [-0.2, -0.15) is 0 Å². The largest absolute Gasteiger partial charge is 0.376 e. The number of fused-ring (bicyclic) bond motifs is 1. The van der Waals surface area contributed by atoms with E-state index < -0.39 is 11.7 Å². The van der Waals surface area contributed by atoms with Crippen LogP contribution >= 0.6 is 11.6 Å². The summed E-state index contributed by atoms with van der Waals surface area (Å²) >= 11 is 6.70. The molecule has 3 aliphatic heterocycles. The minimum Gasteiger partial charge on any atom is -0.376 e. The number of alkyl halides is 1. The molecule has 3 aliphatic rings. The first-order chi connectivity index (χ1) is 16.6. The standard InChI is InChI=1S/C27H35ClFN3O3/c1-26(2)13-18(6-9-35-26)25(33)31-24-12-19-10-21(22(28)11-20(19)14-30-24)17-4-7-32(8-5-17)27(3)16-34-15-23(27)29/h10-12,14,17-18,23H,4-9,13,15-16H2,1-3H3,(H,30,31,33)/t18-,23-,27+/m1/s1. The van der Waals surface area contributed by atoms with E-state index >= 15 is 0 Å². The van der Waals surface area contributed by atoms with Gasteiger partial charge >= 0.3 is 0 Å². The van der Waals surface area contributed by atoms with Crippen molar-refractivity contribution in [2.75, 3.05) is 38.2 Å². The van der Waals surface area contributed by atoms with Gasteiger partial charge in [-0.15, -0.1) is 0 Å². The maximum Gasteiger partial charge on any atom is 0.228 e. The molecule has 0 aliphatic carbocycles. The number of benzene rings is 1. The first-order valence-electron chi connectivity index (χ1n) is 12.7. The fourth-order valence-electron chi connectivity index (χ4n) is 5.88. The predicted molar refractivity (Wildman–Crippen MR) is 136 cm³/mol. The lowest BCUT2D eigenvalue weighted by Gasteiger charge is -2.43. The van der Waals surface area contributed by atoms with Gasteiger partial charge in [-0.25, -0.2) is 9.37 Å². The van der Waals surface area contributed by atoms with Crippen LogP contribution in [0.25, 0.3) is 10.8 Å². The molecule has 3 atom stereocenters. The van der Waals surface area contributed by atoms with Gasteiger partial charge in [0.05, 0.1) is 24.4 Å². The number of halogens is 2. The topological polar surface area (TPSA) is 63.7 Å². The van der Waals surface area contributed by atoms with Gasteiger partial charge in [0.15, 0.2) is 0 Å². The third-order valence-electron chi connectivity index (χ3n) is 8.15. The molecule has 5 rings (SSSR count). The van der Waals surface area contributed by atoms with Crippen LogP contribution in [-0.4, -0.2) is 66.0 Å². The Hall–Kier alpha value is -1.80. The number of rotatable bonds is 4. The van der Waals surface area contributed by atoms with E-state index in [-0.39, 0.29) is 24.0 Å². The molecule has 8 heteroatoms. The molecule has 0 spiro atoms. The zero-order chi connectivity index (χ0) is 24.8. The SMILES string of the molecule is CC1(C)C[C@H](C(=O)Nc2cc3cc(C4CCN([C@@]5(C)COC[C@H]5F)CC4)c(Cl)cc3cn2)CCO1. The number of ether oxygens (including phenoxy) is 2. The van der Waals surface area contributed by atoms with Crippen LogP contribution in [0.2, 0.25) is 5.02 Å². The number of likely N-dealkylation sites (tertiary alicyclic amines) is 1. The smallest absolute Gasteiger partial charge is 0.228 e. The van der Waals surface area contributed by atoms with Crippen molar-refractivity contribution in [3.8, 4) is 0 Å². The molecule has 35 heavy (non-hydrogen) atoms. The molecule has 1 aromatic carbocycles. The van der Waals surface area contributed by atoms with E-state index in [1.807, 2.05) is 32.9 Å². The molecule has 0 saturated carbocycles. The fourth-order valence-corrected chi connectivity index (χ4v) is 6.20. The zero-order valence-corrected chi connectivity index (χ0v) is 21.5. The molecule has 0 unspecified atom stereocenters. The molecular weight excluding hydrogens is 469 g/mol. The second-order valence-corrected chi connectivity index (χ2v) is 11.6. The number of hydrogen-bond donors (Lipinski definition) is 1. The molecule has 0 bridgehead atoms. The van der Waals surface area contributed by atoms with Crippen molar-refractivity contribution in [3.05, 3.63) is 35.0 Å². The number of piperidine rings is 1. The van der Waals surface area contributed by atoms with Crippen LogP contribution in [0.5, 0.6) is 0 Å². The lowest BCUT2D eigenvalue weighted by Crippen LogP contribution is -2.55. The number of hydrogen-bond acceptors (Lipinski definition) is 5. The first kappa shape index (κ1) is 24.9. The quantitative estimate of drug-likeness (QED) is 0.610. The van der Waals surface area contributed by atoms with Gasteiger partial charge in [0, 0.05) is 29.1 Å². The third kappa shape index (κ3) is 5.06. The van der Waals surface area contributed by atoms with Gasteiger partial charge in [0.2, 0.25) is 5.91 Å². The maximum absolute atomic E-state index is 14.5. The molecule has 190 valence electrons. The Kier molecular flexibility index (Phi) is 6.81. The second-order valence-electron chi connectivity index (χ2n) is 11.2. The van der Waals surface area contributed by atoms with E-state index in [1.54, 1.807) is 6.20 Å². The van der Waals surface area contributed by atoms with Gasteiger partial charge < -0.3 is 14.8 Å². The van der Waals surface area contributed by atoms with E-state index in [2.05, 4.69) is 21.3 Å². The minimum absolute atomic E-state index is 0.00895. The highest BCUT2D eigenvalue weighted by Gasteiger charge is 2.46. The average molecular weight is 504 g/mol. The average Bonchev–Trinajstić information content (AvgIpc) is 3.17. The summed E-state index contributed by atoms with van der Waals surface area (Å²) in [6.45, 7) is 8.88. The Balaban J connectivity index is 1.29. The summed E-state index contributed by atoms with van der Waals surface area (Å²) in [4.78, 5) is 19.6. The summed E-state index contributed by atoms with van der Waals surface area (Å²) in [5, 5.41) is 5.69. The maximum atomic E-state index is 14.5. The Bertz CT molecular complexity index is 1100. The third-order valence-corrected chi connectivity index (χ3v) is 8.47.